The van der Waals surface area contributed by atoms with E-state index in [-0.39, 0.29) is 0 Å². The molecule has 0 aromatic heterocycles. The Labute approximate surface area is 208 Å². The van der Waals surface area contributed by atoms with Crippen molar-refractivity contribution < 1.29 is 17.1 Å². The molecule has 1 aliphatic heterocycles. The summed E-state index contributed by atoms with van der Waals surface area (Å²) in [5.74, 6) is 0.869. The van der Waals surface area contributed by atoms with Crippen LogP contribution in [-0.4, -0.2) is 64.3 Å². The van der Waals surface area contributed by atoms with Gasteiger partial charge in [0, 0.05) is 0 Å². The van der Waals surface area contributed by atoms with Crippen molar-refractivity contribution in [2.24, 2.45) is 5.92 Å². The third-order valence-electron chi connectivity index (χ3n) is 7.31. The molecule has 187 valence electrons. The van der Waals surface area contributed by atoms with Crippen LogP contribution in [0.4, 0.5) is 0 Å². The normalized spacial score (nSPS) is 25.0. The molecule has 2 fully saturated rings. The molecule has 2 aliphatic rings. The summed E-state index contributed by atoms with van der Waals surface area (Å²) in [5.41, 5.74) is 0. The van der Waals surface area contributed by atoms with E-state index in [9.17, 15) is 0 Å². The number of hydrogen-bond donors (Lipinski definition) is 0. The maximum atomic E-state index is 6.99. The predicted octanol–water partition coefficient (Wildman–Crippen LogP) is 7.10. The Morgan fingerprint density at radius 2 is 1.06 bits per heavy atom. The van der Waals surface area contributed by atoms with E-state index in [1.165, 1.54) is 49.9 Å². The second-order valence-corrected chi connectivity index (χ2v) is 36.1. The zero-order valence-corrected chi connectivity index (χ0v) is 28.7. The lowest BCUT2D eigenvalue weighted by molar-refractivity contribution is 0.355. The standard InChI is InChI=1S/C22H51O4Si6/c1-28(2,24-27)15-16-30(5,6)26-32(9,10)18-17-31(7,8)25-29(3,4)14-13-20-11-12-21-22(19-20)23-21/h20-22H,11-19H2,1-10H3. The quantitative estimate of drug-likeness (QED) is 0.172. The Balaban J connectivity index is 1.77. The summed E-state index contributed by atoms with van der Waals surface area (Å²) in [6, 6.07) is 6.12. The highest BCUT2D eigenvalue weighted by atomic mass is 28.4. The van der Waals surface area contributed by atoms with E-state index in [0.29, 0.717) is 12.2 Å². The van der Waals surface area contributed by atoms with Gasteiger partial charge in [-0.15, -0.1) is 0 Å². The Kier molecular flexibility index (Phi) is 10.1. The van der Waals surface area contributed by atoms with Crippen LogP contribution in [0.15, 0.2) is 0 Å². The van der Waals surface area contributed by atoms with Crippen molar-refractivity contribution in [1.29, 1.82) is 0 Å². The SMILES string of the molecule is C[Si](C)(CC[Si](C)(C)O[Si](C)(C)CC[Si](C)(C)O[Si](C)(C)CCC1CCC2OC2C1)O[Si]. The van der Waals surface area contributed by atoms with E-state index in [0.717, 1.165) is 12.0 Å². The highest BCUT2D eigenvalue weighted by Gasteiger charge is 2.44. The fourth-order valence-corrected chi connectivity index (χ4v) is 30.0. The lowest BCUT2D eigenvalue weighted by atomic mass is 9.88. The summed E-state index contributed by atoms with van der Waals surface area (Å²) >= 11 is 0. The first kappa shape index (κ1) is 29.4. The van der Waals surface area contributed by atoms with Crippen LogP contribution in [0.5, 0.6) is 0 Å². The summed E-state index contributed by atoms with van der Waals surface area (Å²) in [5, 5.41) is 0. The Hall–Kier alpha value is 1.14. The molecule has 0 aromatic carbocycles. The van der Waals surface area contributed by atoms with Crippen LogP contribution >= 0.6 is 0 Å². The van der Waals surface area contributed by atoms with E-state index in [2.05, 4.69) is 76.0 Å². The number of hydrogen-bond acceptors (Lipinski definition) is 4. The Morgan fingerprint density at radius 3 is 1.50 bits per heavy atom. The predicted molar refractivity (Wildman–Crippen MR) is 151 cm³/mol. The fraction of sp³-hybridized carbons (Fsp3) is 1.00. The Bertz CT molecular complexity index is 611. The fourth-order valence-electron chi connectivity index (χ4n) is 5.26. The minimum atomic E-state index is -1.70. The monoisotopic (exact) mass is 547 g/mol. The number of rotatable bonds is 14. The number of ether oxygens (including phenoxy) is 1. The molecule has 0 aromatic rings. The van der Waals surface area contributed by atoms with Crippen molar-refractivity contribution in [2.45, 2.75) is 134 Å². The largest absolute Gasteiger partial charge is 0.457 e. The van der Waals surface area contributed by atoms with Crippen molar-refractivity contribution in [3.63, 3.8) is 0 Å². The van der Waals surface area contributed by atoms with E-state index < -0.39 is 41.6 Å². The molecular formula is C22H51O4Si6. The van der Waals surface area contributed by atoms with Gasteiger partial charge in [-0.05, 0) is 121 Å². The minimum Gasteiger partial charge on any atom is -0.457 e. The molecule has 1 saturated carbocycles. The topological polar surface area (TPSA) is 40.2 Å². The molecule has 0 spiro atoms. The van der Waals surface area contributed by atoms with Crippen molar-refractivity contribution in [3.8, 4) is 0 Å². The van der Waals surface area contributed by atoms with Crippen LogP contribution in [0.25, 0.3) is 0 Å². The lowest BCUT2D eigenvalue weighted by Crippen LogP contribution is -2.48. The zero-order valence-electron chi connectivity index (χ0n) is 22.7. The molecule has 32 heavy (non-hydrogen) atoms. The Morgan fingerprint density at radius 1 is 0.625 bits per heavy atom. The first-order valence-corrected chi connectivity index (χ1v) is 28.8. The van der Waals surface area contributed by atoms with Crippen LogP contribution in [0.2, 0.25) is 95.7 Å². The van der Waals surface area contributed by atoms with Gasteiger partial charge in [-0.1, -0.05) is 6.42 Å². The molecule has 1 heterocycles. The van der Waals surface area contributed by atoms with Crippen molar-refractivity contribution in [1.82, 2.24) is 0 Å². The molecule has 1 aliphatic carbocycles. The molecular weight excluding hydrogens is 497 g/mol. The van der Waals surface area contributed by atoms with Crippen molar-refractivity contribution in [2.75, 3.05) is 0 Å². The van der Waals surface area contributed by atoms with Gasteiger partial charge in [0.1, 0.15) is 0 Å². The first-order chi connectivity index (χ1) is 14.4. The molecule has 3 radical (unpaired) electrons. The van der Waals surface area contributed by atoms with E-state index in [1.807, 2.05) is 0 Å². The van der Waals surface area contributed by atoms with Gasteiger partial charge in [0.25, 0.3) is 0 Å². The third kappa shape index (κ3) is 10.8. The molecule has 0 amide bonds. The minimum absolute atomic E-state index is 0.602. The second-order valence-electron chi connectivity index (χ2n) is 13.5. The van der Waals surface area contributed by atoms with Crippen molar-refractivity contribution >= 4 is 52.1 Å². The van der Waals surface area contributed by atoms with Crippen LogP contribution in [0.3, 0.4) is 0 Å². The van der Waals surface area contributed by atoms with E-state index in [1.54, 1.807) is 0 Å². The highest BCUT2D eigenvalue weighted by molar-refractivity contribution is 6.88. The van der Waals surface area contributed by atoms with Gasteiger partial charge in [0.2, 0.25) is 10.5 Å². The van der Waals surface area contributed by atoms with Gasteiger partial charge < -0.3 is 17.1 Å². The molecule has 4 nitrogen and oxygen atoms in total. The van der Waals surface area contributed by atoms with Gasteiger partial charge in [-0.3, -0.25) is 0 Å². The summed E-state index contributed by atoms with van der Waals surface area (Å²) in [6.07, 6.45) is 6.52. The average molecular weight is 548 g/mol. The molecule has 10 heteroatoms. The third-order valence-corrected chi connectivity index (χ3v) is 26.7. The average Bonchev–Trinajstić information content (AvgIpc) is 3.41. The van der Waals surface area contributed by atoms with Crippen LogP contribution in [0.1, 0.15) is 25.7 Å². The second kappa shape index (κ2) is 11.0. The van der Waals surface area contributed by atoms with E-state index >= 15 is 0 Å². The maximum Gasteiger partial charge on any atom is 0.230 e. The van der Waals surface area contributed by atoms with Gasteiger partial charge in [-0.2, -0.15) is 0 Å². The summed E-state index contributed by atoms with van der Waals surface area (Å²) in [7, 11) is -4.98. The van der Waals surface area contributed by atoms with Gasteiger partial charge in [0.05, 0.1) is 12.2 Å². The van der Waals surface area contributed by atoms with Crippen LogP contribution in [-0.2, 0) is 17.1 Å². The lowest BCUT2D eigenvalue weighted by Gasteiger charge is -2.39. The summed E-state index contributed by atoms with van der Waals surface area (Å²) in [4.78, 5) is 0. The number of fused-ring (bicyclic) bond motifs is 1. The highest BCUT2D eigenvalue weighted by Crippen LogP contribution is 2.42. The number of epoxide rings is 1. The summed E-state index contributed by atoms with van der Waals surface area (Å²) in [6.45, 7) is 24.0. The zero-order chi connectivity index (χ0) is 24.4. The summed E-state index contributed by atoms with van der Waals surface area (Å²) < 4.78 is 25.2. The molecule has 0 N–H and O–H groups in total. The molecule has 3 atom stereocenters. The smallest absolute Gasteiger partial charge is 0.230 e. The van der Waals surface area contributed by atoms with Crippen molar-refractivity contribution in [3.05, 3.63) is 0 Å². The van der Waals surface area contributed by atoms with Gasteiger partial charge in [0.15, 0.2) is 41.6 Å². The molecule has 2 rings (SSSR count). The molecule has 1 saturated heterocycles. The molecule has 0 bridgehead atoms. The van der Waals surface area contributed by atoms with Crippen LogP contribution in [0, 0.1) is 5.92 Å². The van der Waals surface area contributed by atoms with E-state index in [4.69, 9.17) is 17.1 Å². The van der Waals surface area contributed by atoms with Crippen LogP contribution < -0.4 is 0 Å². The van der Waals surface area contributed by atoms with Gasteiger partial charge in [-0.25, -0.2) is 0 Å². The van der Waals surface area contributed by atoms with Gasteiger partial charge >= 0.3 is 0 Å². The maximum absolute atomic E-state index is 6.99. The molecule has 3 unspecified atom stereocenters. The first-order valence-electron chi connectivity index (χ1n) is 12.8.